The average Bonchev–Trinajstić information content (AvgIpc) is 2.38. The third-order valence-corrected chi connectivity index (χ3v) is 3.05. The largest absolute Gasteiger partial charge is 0.476 e. The lowest BCUT2D eigenvalue weighted by molar-refractivity contribution is 0.256. The second-order valence-corrected chi connectivity index (χ2v) is 4.69. The van der Waals surface area contributed by atoms with E-state index >= 15 is 0 Å². The molecule has 1 aromatic heterocycles. The third-order valence-electron chi connectivity index (χ3n) is 2.76. The molecule has 0 amide bonds. The van der Waals surface area contributed by atoms with Gasteiger partial charge in [-0.05, 0) is 31.1 Å². The van der Waals surface area contributed by atoms with Gasteiger partial charge in [0, 0.05) is 24.0 Å². The second kappa shape index (κ2) is 6.03. The summed E-state index contributed by atoms with van der Waals surface area (Å²) in [5, 5.41) is 2.14. The van der Waals surface area contributed by atoms with E-state index in [1.807, 2.05) is 38.4 Å². The number of benzene rings is 1. The number of pyridine rings is 1. The molecule has 0 bridgehead atoms. The molecule has 0 unspecified atom stereocenters. The first-order valence-electron chi connectivity index (χ1n) is 5.92. The Morgan fingerprint density at radius 1 is 1.22 bits per heavy atom. The minimum absolute atomic E-state index is 0.464. The summed E-state index contributed by atoms with van der Waals surface area (Å²) in [6, 6.07) is 8.06. The third kappa shape index (κ3) is 2.92. The molecular weight excluding hydrogens is 248 g/mol. The van der Waals surface area contributed by atoms with Crippen molar-refractivity contribution in [3.63, 3.8) is 0 Å². The van der Waals surface area contributed by atoms with Gasteiger partial charge in [-0.25, -0.2) is 4.98 Å². The van der Waals surface area contributed by atoms with Crippen LogP contribution in [0.1, 0.15) is 5.56 Å². The zero-order valence-electron chi connectivity index (χ0n) is 10.7. The summed E-state index contributed by atoms with van der Waals surface area (Å²) in [5.41, 5.74) is 1.03. The van der Waals surface area contributed by atoms with E-state index in [0.717, 1.165) is 22.9 Å². The Hall–Kier alpha value is -1.32. The highest BCUT2D eigenvalue weighted by atomic mass is 35.5. The predicted molar refractivity (Wildman–Crippen MR) is 75.3 cm³/mol. The van der Waals surface area contributed by atoms with Crippen molar-refractivity contribution in [3.8, 4) is 5.88 Å². The highest BCUT2D eigenvalue weighted by Gasteiger charge is 2.07. The van der Waals surface area contributed by atoms with Crippen molar-refractivity contribution in [2.45, 2.75) is 5.88 Å². The van der Waals surface area contributed by atoms with E-state index in [2.05, 4.69) is 9.88 Å². The van der Waals surface area contributed by atoms with Gasteiger partial charge in [0.2, 0.25) is 5.88 Å². The van der Waals surface area contributed by atoms with Gasteiger partial charge in [-0.2, -0.15) is 0 Å². The lowest BCUT2D eigenvalue weighted by Gasteiger charge is -2.12. The fourth-order valence-corrected chi connectivity index (χ4v) is 1.98. The Morgan fingerprint density at radius 2 is 1.94 bits per heavy atom. The fourth-order valence-electron chi connectivity index (χ4n) is 1.77. The van der Waals surface area contributed by atoms with Crippen LogP contribution in [0.15, 0.2) is 30.5 Å². The molecular formula is C14H17ClN2O. The Morgan fingerprint density at radius 3 is 2.61 bits per heavy atom. The highest BCUT2D eigenvalue weighted by molar-refractivity contribution is 6.18. The molecule has 0 fully saturated rings. The normalized spacial score (nSPS) is 11.1. The standard InChI is InChI=1S/C14H17ClN2O/c1-17(2)7-8-18-14-13-6-4-3-5-12(13)11(9-15)10-16-14/h3-6,10H,7-9H2,1-2H3. The topological polar surface area (TPSA) is 25.4 Å². The molecule has 0 N–H and O–H groups in total. The van der Waals surface area contributed by atoms with E-state index in [1.165, 1.54) is 0 Å². The van der Waals surface area contributed by atoms with Gasteiger partial charge in [-0.3, -0.25) is 0 Å². The molecule has 0 aliphatic heterocycles. The molecule has 0 spiro atoms. The van der Waals surface area contributed by atoms with E-state index in [-0.39, 0.29) is 0 Å². The van der Waals surface area contributed by atoms with E-state index in [1.54, 1.807) is 6.20 Å². The predicted octanol–water partition coefficient (Wildman–Crippen LogP) is 2.91. The molecule has 2 aromatic rings. The van der Waals surface area contributed by atoms with Crippen LogP contribution in [0.25, 0.3) is 10.8 Å². The number of likely N-dealkylation sites (N-methyl/N-ethyl adjacent to an activating group) is 1. The Kier molecular flexibility index (Phi) is 4.39. The lowest BCUT2D eigenvalue weighted by Crippen LogP contribution is -2.19. The first-order valence-corrected chi connectivity index (χ1v) is 6.46. The number of ether oxygens (including phenoxy) is 1. The maximum atomic E-state index is 5.92. The molecule has 18 heavy (non-hydrogen) atoms. The lowest BCUT2D eigenvalue weighted by atomic mass is 10.1. The van der Waals surface area contributed by atoms with Crippen molar-refractivity contribution in [2.24, 2.45) is 0 Å². The van der Waals surface area contributed by atoms with Gasteiger partial charge in [0.25, 0.3) is 0 Å². The summed E-state index contributed by atoms with van der Waals surface area (Å²) in [6.07, 6.45) is 1.79. The van der Waals surface area contributed by atoms with Gasteiger partial charge in [0.05, 0.1) is 0 Å². The molecule has 0 aliphatic carbocycles. The summed E-state index contributed by atoms with van der Waals surface area (Å²) < 4.78 is 5.73. The van der Waals surface area contributed by atoms with Crippen LogP contribution < -0.4 is 4.74 Å². The van der Waals surface area contributed by atoms with Crippen LogP contribution in [-0.2, 0) is 5.88 Å². The molecule has 0 atom stereocenters. The van der Waals surface area contributed by atoms with Gasteiger partial charge >= 0.3 is 0 Å². The zero-order chi connectivity index (χ0) is 13.0. The number of rotatable bonds is 5. The smallest absolute Gasteiger partial charge is 0.221 e. The van der Waals surface area contributed by atoms with Gasteiger partial charge in [-0.1, -0.05) is 18.2 Å². The molecule has 2 rings (SSSR count). The van der Waals surface area contributed by atoms with Crippen LogP contribution in [0, 0.1) is 0 Å². The molecule has 0 aliphatic rings. The van der Waals surface area contributed by atoms with Crippen LogP contribution in [0.2, 0.25) is 0 Å². The molecule has 3 nitrogen and oxygen atoms in total. The van der Waals surface area contributed by atoms with Crippen molar-refractivity contribution in [3.05, 3.63) is 36.0 Å². The first kappa shape index (κ1) is 13.1. The van der Waals surface area contributed by atoms with Gasteiger partial charge in [0.15, 0.2) is 0 Å². The first-order chi connectivity index (χ1) is 8.72. The van der Waals surface area contributed by atoms with E-state index in [4.69, 9.17) is 16.3 Å². The molecule has 0 saturated heterocycles. The van der Waals surface area contributed by atoms with Crippen LogP contribution in [0.5, 0.6) is 5.88 Å². The van der Waals surface area contributed by atoms with E-state index < -0.39 is 0 Å². The summed E-state index contributed by atoms with van der Waals surface area (Å²) in [5.74, 6) is 1.15. The van der Waals surface area contributed by atoms with Gasteiger partial charge in [-0.15, -0.1) is 11.6 Å². The summed E-state index contributed by atoms with van der Waals surface area (Å²) in [4.78, 5) is 6.43. The van der Waals surface area contributed by atoms with Gasteiger partial charge < -0.3 is 9.64 Å². The fraction of sp³-hybridized carbons (Fsp3) is 0.357. The highest BCUT2D eigenvalue weighted by Crippen LogP contribution is 2.26. The number of alkyl halides is 1. The number of hydrogen-bond donors (Lipinski definition) is 0. The van der Waals surface area contributed by atoms with Crippen LogP contribution in [0.4, 0.5) is 0 Å². The molecule has 0 saturated carbocycles. The van der Waals surface area contributed by atoms with Crippen LogP contribution in [0.3, 0.4) is 0 Å². The average molecular weight is 265 g/mol. The van der Waals surface area contributed by atoms with Crippen molar-refractivity contribution in [1.82, 2.24) is 9.88 Å². The van der Waals surface area contributed by atoms with Crippen molar-refractivity contribution in [2.75, 3.05) is 27.2 Å². The SMILES string of the molecule is CN(C)CCOc1ncc(CCl)c2ccccc12. The van der Waals surface area contributed by atoms with Gasteiger partial charge in [0.1, 0.15) is 6.61 Å². The zero-order valence-corrected chi connectivity index (χ0v) is 11.4. The number of hydrogen-bond acceptors (Lipinski definition) is 3. The maximum Gasteiger partial charge on any atom is 0.221 e. The quantitative estimate of drug-likeness (QED) is 0.777. The Labute approximate surface area is 112 Å². The Bertz CT molecular complexity index is 528. The van der Waals surface area contributed by atoms with E-state index in [9.17, 15) is 0 Å². The minimum Gasteiger partial charge on any atom is -0.476 e. The molecule has 4 heteroatoms. The Balaban J connectivity index is 2.28. The van der Waals surface area contributed by atoms with Crippen molar-refractivity contribution in [1.29, 1.82) is 0 Å². The number of fused-ring (bicyclic) bond motifs is 1. The summed E-state index contributed by atoms with van der Waals surface area (Å²) >= 11 is 5.92. The van der Waals surface area contributed by atoms with Crippen molar-refractivity contribution >= 4 is 22.4 Å². The molecule has 0 radical (unpaired) electrons. The monoisotopic (exact) mass is 264 g/mol. The number of nitrogens with zero attached hydrogens (tertiary/aromatic N) is 2. The number of aromatic nitrogens is 1. The minimum atomic E-state index is 0.464. The van der Waals surface area contributed by atoms with Crippen molar-refractivity contribution < 1.29 is 4.74 Å². The maximum absolute atomic E-state index is 5.92. The molecule has 1 heterocycles. The summed E-state index contributed by atoms with van der Waals surface area (Å²) in [7, 11) is 4.04. The van der Waals surface area contributed by atoms with Crippen LogP contribution >= 0.6 is 11.6 Å². The summed E-state index contributed by atoms with van der Waals surface area (Å²) in [6.45, 7) is 1.50. The van der Waals surface area contributed by atoms with E-state index in [0.29, 0.717) is 18.4 Å². The number of halogens is 1. The van der Waals surface area contributed by atoms with Crippen LogP contribution in [-0.4, -0.2) is 37.1 Å². The second-order valence-electron chi connectivity index (χ2n) is 4.42. The molecule has 96 valence electrons. The molecule has 1 aromatic carbocycles.